The third kappa shape index (κ3) is 3.75. The molecule has 0 saturated carbocycles. The van der Waals surface area contributed by atoms with Gasteiger partial charge in [-0.1, -0.05) is 0 Å². The lowest BCUT2D eigenvalue weighted by atomic mass is 10.1. The molecule has 1 aromatic rings. The summed E-state index contributed by atoms with van der Waals surface area (Å²) >= 11 is 0. The smallest absolute Gasteiger partial charge is 0.331 e. The molecular formula is C12H15F2NO3. The molecule has 2 N–H and O–H groups in total. The Morgan fingerprint density at radius 2 is 2.06 bits per heavy atom. The Hall–Kier alpha value is -1.53. The van der Waals surface area contributed by atoms with Crippen LogP contribution in [0.5, 0.6) is 0 Å². The topological polar surface area (TPSA) is 61.5 Å². The number of rotatable bonds is 5. The monoisotopic (exact) mass is 259 g/mol. The zero-order valence-electron chi connectivity index (χ0n) is 10.2. The molecule has 100 valence electrons. The number of halogens is 2. The summed E-state index contributed by atoms with van der Waals surface area (Å²) in [6.45, 7) is 1.08. The highest BCUT2D eigenvalue weighted by atomic mass is 19.1. The second-order valence-electron chi connectivity index (χ2n) is 3.82. The molecule has 1 unspecified atom stereocenters. The second-order valence-corrected chi connectivity index (χ2v) is 3.82. The number of carbonyl (C=O) groups excluding carboxylic acids is 1. The van der Waals surface area contributed by atoms with Gasteiger partial charge in [0.2, 0.25) is 0 Å². The van der Waals surface area contributed by atoms with Crippen LogP contribution in [0.25, 0.3) is 0 Å². The van der Waals surface area contributed by atoms with E-state index in [9.17, 15) is 13.6 Å². The molecule has 18 heavy (non-hydrogen) atoms. The fraction of sp³-hybridized carbons (Fsp3) is 0.417. The van der Waals surface area contributed by atoms with Gasteiger partial charge in [-0.15, -0.1) is 0 Å². The van der Waals surface area contributed by atoms with Crippen LogP contribution in [-0.2, 0) is 14.3 Å². The average Bonchev–Trinajstić information content (AvgIpc) is 2.33. The SMILES string of the molecule is COC(=O)COCC(N)c1cc(F)c(C)cc1F. The summed E-state index contributed by atoms with van der Waals surface area (Å²) in [4.78, 5) is 10.8. The molecule has 0 aromatic heterocycles. The van der Waals surface area contributed by atoms with Crippen molar-refractivity contribution < 1.29 is 23.0 Å². The molecule has 0 heterocycles. The molecule has 1 atom stereocenters. The molecule has 1 aromatic carbocycles. The fourth-order valence-electron chi connectivity index (χ4n) is 1.36. The molecule has 0 saturated heterocycles. The van der Waals surface area contributed by atoms with E-state index < -0.39 is 23.6 Å². The summed E-state index contributed by atoms with van der Waals surface area (Å²) < 4.78 is 36.1. The van der Waals surface area contributed by atoms with E-state index in [4.69, 9.17) is 10.5 Å². The number of hydrogen-bond donors (Lipinski definition) is 1. The number of esters is 1. The highest BCUT2D eigenvalue weighted by Gasteiger charge is 2.15. The van der Waals surface area contributed by atoms with Gasteiger partial charge in [0, 0.05) is 5.56 Å². The van der Waals surface area contributed by atoms with E-state index in [-0.39, 0.29) is 24.3 Å². The van der Waals surface area contributed by atoms with E-state index in [1.165, 1.54) is 14.0 Å². The van der Waals surface area contributed by atoms with Crippen molar-refractivity contribution in [3.8, 4) is 0 Å². The molecular weight excluding hydrogens is 244 g/mol. The van der Waals surface area contributed by atoms with Crippen LogP contribution in [0.4, 0.5) is 8.78 Å². The molecule has 0 aliphatic heterocycles. The summed E-state index contributed by atoms with van der Waals surface area (Å²) in [5.41, 5.74) is 5.88. The van der Waals surface area contributed by atoms with Crippen LogP contribution in [0.1, 0.15) is 17.2 Å². The highest BCUT2D eigenvalue weighted by molar-refractivity contribution is 5.70. The van der Waals surface area contributed by atoms with Gasteiger partial charge in [0.05, 0.1) is 19.8 Å². The van der Waals surface area contributed by atoms with Gasteiger partial charge in [-0.3, -0.25) is 0 Å². The van der Waals surface area contributed by atoms with Crippen molar-refractivity contribution in [2.45, 2.75) is 13.0 Å². The number of aryl methyl sites for hydroxylation is 1. The van der Waals surface area contributed by atoms with Gasteiger partial charge in [0.15, 0.2) is 0 Å². The fourth-order valence-corrected chi connectivity index (χ4v) is 1.36. The molecule has 0 spiro atoms. The van der Waals surface area contributed by atoms with E-state index >= 15 is 0 Å². The van der Waals surface area contributed by atoms with Gasteiger partial charge in [-0.25, -0.2) is 13.6 Å². The van der Waals surface area contributed by atoms with Gasteiger partial charge >= 0.3 is 5.97 Å². The van der Waals surface area contributed by atoms with Gasteiger partial charge in [0.1, 0.15) is 18.2 Å². The zero-order chi connectivity index (χ0) is 13.7. The van der Waals surface area contributed by atoms with Crippen molar-refractivity contribution in [2.75, 3.05) is 20.3 Å². The first kappa shape index (κ1) is 14.5. The van der Waals surface area contributed by atoms with E-state index in [0.29, 0.717) is 0 Å². The summed E-state index contributed by atoms with van der Waals surface area (Å²) in [6.07, 6.45) is 0. The molecule has 0 aliphatic rings. The minimum absolute atomic E-state index is 0.0166. The van der Waals surface area contributed by atoms with Crippen molar-refractivity contribution in [3.63, 3.8) is 0 Å². The molecule has 0 bridgehead atoms. The minimum atomic E-state index is -0.843. The molecule has 0 amide bonds. The Morgan fingerprint density at radius 3 is 2.67 bits per heavy atom. The highest BCUT2D eigenvalue weighted by Crippen LogP contribution is 2.19. The minimum Gasteiger partial charge on any atom is -0.467 e. The van der Waals surface area contributed by atoms with Crippen LogP contribution in [0.3, 0.4) is 0 Å². The Kier molecular flexibility index (Phi) is 5.18. The lowest BCUT2D eigenvalue weighted by molar-refractivity contribution is -0.146. The molecule has 0 aliphatic carbocycles. The molecule has 4 nitrogen and oxygen atoms in total. The van der Waals surface area contributed by atoms with Gasteiger partial charge in [-0.05, 0) is 24.6 Å². The summed E-state index contributed by atoms with van der Waals surface area (Å²) in [7, 11) is 1.22. The summed E-state index contributed by atoms with van der Waals surface area (Å²) in [5.74, 6) is -1.68. The molecule has 1 rings (SSSR count). The number of ether oxygens (including phenoxy) is 2. The largest absolute Gasteiger partial charge is 0.467 e. The van der Waals surface area contributed by atoms with E-state index in [1.807, 2.05) is 0 Å². The second kappa shape index (κ2) is 6.42. The molecule has 0 fully saturated rings. The van der Waals surface area contributed by atoms with Crippen LogP contribution in [0, 0.1) is 18.6 Å². The van der Waals surface area contributed by atoms with Gasteiger partial charge in [-0.2, -0.15) is 0 Å². The third-order valence-electron chi connectivity index (χ3n) is 2.42. The van der Waals surface area contributed by atoms with Crippen LogP contribution < -0.4 is 5.73 Å². The lowest BCUT2D eigenvalue weighted by Gasteiger charge is -2.14. The van der Waals surface area contributed by atoms with Crippen LogP contribution in [0.2, 0.25) is 0 Å². The number of hydrogen-bond acceptors (Lipinski definition) is 4. The van der Waals surface area contributed by atoms with Crippen molar-refractivity contribution >= 4 is 5.97 Å². The Bertz CT molecular complexity index is 438. The van der Waals surface area contributed by atoms with Gasteiger partial charge < -0.3 is 15.2 Å². The molecule has 6 heteroatoms. The van der Waals surface area contributed by atoms with Crippen LogP contribution in [0.15, 0.2) is 12.1 Å². The van der Waals surface area contributed by atoms with Crippen molar-refractivity contribution in [2.24, 2.45) is 5.73 Å². The number of nitrogens with two attached hydrogens (primary N) is 1. The average molecular weight is 259 g/mol. The van der Waals surface area contributed by atoms with Crippen molar-refractivity contribution in [1.29, 1.82) is 0 Å². The summed E-state index contributed by atoms with van der Waals surface area (Å²) in [6, 6.07) is 1.27. The Morgan fingerprint density at radius 1 is 1.39 bits per heavy atom. The normalized spacial score (nSPS) is 12.3. The van der Waals surface area contributed by atoms with Crippen LogP contribution >= 0.6 is 0 Å². The van der Waals surface area contributed by atoms with E-state index in [0.717, 1.165) is 12.1 Å². The maximum absolute atomic E-state index is 13.5. The summed E-state index contributed by atoms with van der Waals surface area (Å²) in [5, 5.41) is 0. The maximum Gasteiger partial charge on any atom is 0.331 e. The van der Waals surface area contributed by atoms with Gasteiger partial charge in [0.25, 0.3) is 0 Å². The van der Waals surface area contributed by atoms with Crippen molar-refractivity contribution in [3.05, 3.63) is 34.9 Å². The van der Waals surface area contributed by atoms with Crippen molar-refractivity contribution in [1.82, 2.24) is 0 Å². The zero-order valence-corrected chi connectivity index (χ0v) is 10.2. The quantitative estimate of drug-likeness (QED) is 0.813. The maximum atomic E-state index is 13.5. The first-order valence-electron chi connectivity index (χ1n) is 5.31. The first-order valence-corrected chi connectivity index (χ1v) is 5.31. The third-order valence-corrected chi connectivity index (χ3v) is 2.42. The predicted molar refractivity (Wildman–Crippen MR) is 60.9 cm³/mol. The van der Waals surface area contributed by atoms with E-state index in [2.05, 4.69) is 4.74 Å². The van der Waals surface area contributed by atoms with E-state index in [1.54, 1.807) is 0 Å². The molecule has 0 radical (unpaired) electrons. The Balaban J connectivity index is 2.64. The number of methoxy groups -OCH3 is 1. The number of benzene rings is 1. The van der Waals surface area contributed by atoms with Crippen LogP contribution in [-0.4, -0.2) is 26.3 Å². The standard InChI is InChI=1S/C12H15F2NO3/c1-7-3-10(14)8(4-9(7)13)11(15)5-18-6-12(16)17-2/h3-4,11H,5-6,15H2,1-2H3. The first-order chi connectivity index (χ1) is 8.45. The number of carbonyl (C=O) groups is 1. The Labute approximate surface area is 104 Å². The lowest BCUT2D eigenvalue weighted by Crippen LogP contribution is -2.21. The predicted octanol–water partition coefficient (Wildman–Crippen LogP) is 1.46.